The molecule has 1 aromatic carbocycles. The summed E-state index contributed by atoms with van der Waals surface area (Å²) in [5, 5.41) is 11.7. The van der Waals surface area contributed by atoms with Crippen molar-refractivity contribution in [3.8, 4) is 5.69 Å². The SMILES string of the molecule is NC(=O)Nc1cc(Cl)n(-c2ccc(Br)cc2)c1C(=O)O. The Hall–Kier alpha value is -1.99. The highest BCUT2D eigenvalue weighted by Crippen LogP contribution is 2.29. The number of carbonyl (C=O) groups is 2. The van der Waals surface area contributed by atoms with E-state index in [9.17, 15) is 14.7 Å². The maximum atomic E-state index is 11.4. The first kappa shape index (κ1) is 14.4. The fourth-order valence-electron chi connectivity index (χ4n) is 1.76. The molecule has 0 aliphatic heterocycles. The van der Waals surface area contributed by atoms with E-state index in [2.05, 4.69) is 21.2 Å². The summed E-state index contributed by atoms with van der Waals surface area (Å²) >= 11 is 9.34. The van der Waals surface area contributed by atoms with Gasteiger partial charge in [0.1, 0.15) is 5.15 Å². The van der Waals surface area contributed by atoms with Gasteiger partial charge in [-0.2, -0.15) is 0 Å². The fourth-order valence-corrected chi connectivity index (χ4v) is 2.32. The summed E-state index contributed by atoms with van der Waals surface area (Å²) in [6.07, 6.45) is 0. The highest BCUT2D eigenvalue weighted by molar-refractivity contribution is 9.10. The van der Waals surface area contributed by atoms with E-state index >= 15 is 0 Å². The summed E-state index contributed by atoms with van der Waals surface area (Å²) in [5.74, 6) is -1.23. The molecule has 6 nitrogen and oxygen atoms in total. The number of urea groups is 1. The van der Waals surface area contributed by atoms with Crippen LogP contribution in [0.1, 0.15) is 10.5 Å². The van der Waals surface area contributed by atoms with Crippen LogP contribution in [0.5, 0.6) is 0 Å². The first-order chi connectivity index (χ1) is 9.40. The summed E-state index contributed by atoms with van der Waals surface area (Å²) in [5.41, 5.74) is 5.43. The number of nitrogens with two attached hydrogens (primary N) is 1. The number of rotatable bonds is 3. The number of halogens is 2. The third kappa shape index (κ3) is 2.78. The summed E-state index contributed by atoms with van der Waals surface area (Å²) in [6.45, 7) is 0. The van der Waals surface area contributed by atoms with E-state index < -0.39 is 12.0 Å². The molecular formula is C12H9BrClN3O3. The minimum absolute atomic E-state index is 0.0397. The standard InChI is InChI=1S/C12H9BrClN3O3/c13-6-1-3-7(4-2-6)17-9(14)5-8(16-12(15)20)10(17)11(18)19/h1-5H,(H,18,19)(H3,15,16,20). The zero-order chi connectivity index (χ0) is 14.9. The smallest absolute Gasteiger partial charge is 0.355 e. The van der Waals surface area contributed by atoms with Crippen LogP contribution in [-0.2, 0) is 0 Å². The first-order valence-electron chi connectivity index (χ1n) is 5.37. The molecule has 4 N–H and O–H groups in total. The molecule has 0 unspecified atom stereocenters. The largest absolute Gasteiger partial charge is 0.476 e. The molecule has 0 atom stereocenters. The van der Waals surface area contributed by atoms with Crippen molar-refractivity contribution in [1.82, 2.24) is 4.57 Å². The molecule has 0 bridgehead atoms. The van der Waals surface area contributed by atoms with Gasteiger partial charge in [0.2, 0.25) is 0 Å². The molecule has 0 fully saturated rings. The maximum absolute atomic E-state index is 11.4. The zero-order valence-corrected chi connectivity index (χ0v) is 12.3. The number of nitrogens with zero attached hydrogens (tertiary/aromatic N) is 1. The lowest BCUT2D eigenvalue weighted by Gasteiger charge is -2.09. The van der Waals surface area contributed by atoms with Crippen molar-refractivity contribution in [1.29, 1.82) is 0 Å². The molecule has 104 valence electrons. The molecule has 20 heavy (non-hydrogen) atoms. The second-order valence-corrected chi connectivity index (χ2v) is 5.14. The van der Waals surface area contributed by atoms with Crippen molar-refractivity contribution >= 4 is 45.2 Å². The number of anilines is 1. The molecule has 0 saturated heterocycles. The van der Waals surface area contributed by atoms with Crippen molar-refractivity contribution in [2.24, 2.45) is 5.73 Å². The lowest BCUT2D eigenvalue weighted by Crippen LogP contribution is -2.21. The van der Waals surface area contributed by atoms with E-state index in [4.69, 9.17) is 17.3 Å². The second-order valence-electron chi connectivity index (χ2n) is 3.84. The molecule has 0 aliphatic rings. The van der Waals surface area contributed by atoms with Crippen LogP contribution in [0.4, 0.5) is 10.5 Å². The topological polar surface area (TPSA) is 97.4 Å². The third-order valence-electron chi connectivity index (χ3n) is 2.50. The fraction of sp³-hybridized carbons (Fsp3) is 0. The Balaban J connectivity index is 2.62. The van der Waals surface area contributed by atoms with E-state index in [0.29, 0.717) is 5.69 Å². The van der Waals surface area contributed by atoms with Crippen LogP contribution in [0.15, 0.2) is 34.8 Å². The Kier molecular flexibility index (Phi) is 4.01. The van der Waals surface area contributed by atoms with E-state index in [1.54, 1.807) is 24.3 Å². The van der Waals surface area contributed by atoms with Crippen LogP contribution in [-0.4, -0.2) is 21.7 Å². The van der Waals surface area contributed by atoms with Crippen LogP contribution in [0.3, 0.4) is 0 Å². The van der Waals surface area contributed by atoms with Crippen LogP contribution in [0, 0.1) is 0 Å². The first-order valence-corrected chi connectivity index (χ1v) is 6.54. The van der Waals surface area contributed by atoms with E-state index in [0.717, 1.165) is 4.47 Å². The molecule has 1 aromatic heterocycles. The predicted octanol–water partition coefficient (Wildman–Crippen LogP) is 3.08. The van der Waals surface area contributed by atoms with Gasteiger partial charge in [0.05, 0.1) is 5.69 Å². The molecule has 2 rings (SSSR count). The number of hydrogen-bond donors (Lipinski definition) is 3. The number of carboxylic acid groups (broad SMARTS) is 1. The molecule has 8 heteroatoms. The number of carboxylic acids is 1. The Labute approximate surface area is 127 Å². The summed E-state index contributed by atoms with van der Waals surface area (Å²) in [4.78, 5) is 22.3. The third-order valence-corrected chi connectivity index (χ3v) is 3.31. The molecule has 0 radical (unpaired) electrons. The summed E-state index contributed by atoms with van der Waals surface area (Å²) in [6, 6.07) is 7.35. The van der Waals surface area contributed by atoms with Crippen LogP contribution in [0.25, 0.3) is 5.69 Å². The predicted molar refractivity (Wildman–Crippen MR) is 78.6 cm³/mol. The lowest BCUT2D eigenvalue weighted by atomic mass is 10.3. The second kappa shape index (κ2) is 5.56. The summed E-state index contributed by atoms with van der Waals surface area (Å²) in [7, 11) is 0. The van der Waals surface area contributed by atoms with Crippen molar-refractivity contribution in [3.63, 3.8) is 0 Å². The highest BCUT2D eigenvalue weighted by atomic mass is 79.9. The van der Waals surface area contributed by atoms with E-state index in [1.807, 2.05) is 0 Å². The van der Waals surface area contributed by atoms with Crippen LogP contribution in [0.2, 0.25) is 5.15 Å². The van der Waals surface area contributed by atoms with E-state index in [-0.39, 0.29) is 16.5 Å². The number of amides is 2. The Morgan fingerprint density at radius 1 is 1.30 bits per heavy atom. The Bertz CT molecular complexity index is 682. The lowest BCUT2D eigenvalue weighted by molar-refractivity contribution is 0.0689. The maximum Gasteiger partial charge on any atom is 0.355 e. The van der Waals surface area contributed by atoms with Gasteiger partial charge in [-0.25, -0.2) is 9.59 Å². The number of aromatic carboxylic acids is 1. The van der Waals surface area contributed by atoms with Gasteiger partial charge in [0, 0.05) is 16.2 Å². The zero-order valence-electron chi connectivity index (χ0n) is 9.93. The van der Waals surface area contributed by atoms with Crippen molar-refractivity contribution < 1.29 is 14.7 Å². The van der Waals surface area contributed by atoms with Gasteiger partial charge in [0.25, 0.3) is 0 Å². The molecule has 0 saturated carbocycles. The molecule has 2 amide bonds. The van der Waals surface area contributed by atoms with Crippen molar-refractivity contribution in [2.45, 2.75) is 0 Å². The minimum Gasteiger partial charge on any atom is -0.476 e. The molecular weight excluding hydrogens is 350 g/mol. The van der Waals surface area contributed by atoms with Gasteiger partial charge in [-0.1, -0.05) is 27.5 Å². The van der Waals surface area contributed by atoms with Gasteiger partial charge >= 0.3 is 12.0 Å². The number of nitrogens with one attached hydrogen (secondary N) is 1. The van der Waals surface area contributed by atoms with Gasteiger partial charge in [-0.3, -0.25) is 4.57 Å². The van der Waals surface area contributed by atoms with Crippen LogP contribution >= 0.6 is 27.5 Å². The van der Waals surface area contributed by atoms with Gasteiger partial charge < -0.3 is 16.2 Å². The quantitative estimate of drug-likeness (QED) is 0.786. The molecule has 2 aromatic rings. The Morgan fingerprint density at radius 2 is 1.90 bits per heavy atom. The van der Waals surface area contributed by atoms with Gasteiger partial charge in [0.15, 0.2) is 5.69 Å². The normalized spacial score (nSPS) is 10.3. The summed E-state index contributed by atoms with van der Waals surface area (Å²) < 4.78 is 2.15. The van der Waals surface area contributed by atoms with Crippen molar-refractivity contribution in [2.75, 3.05) is 5.32 Å². The number of benzene rings is 1. The number of carbonyl (C=O) groups excluding carboxylic acids is 1. The molecule has 0 aliphatic carbocycles. The molecule has 0 spiro atoms. The average molecular weight is 359 g/mol. The highest BCUT2D eigenvalue weighted by Gasteiger charge is 2.22. The van der Waals surface area contributed by atoms with Crippen LogP contribution < -0.4 is 11.1 Å². The van der Waals surface area contributed by atoms with E-state index in [1.165, 1.54) is 10.6 Å². The monoisotopic (exact) mass is 357 g/mol. The average Bonchev–Trinajstić information content (AvgIpc) is 2.66. The minimum atomic E-state index is -1.23. The molecule has 1 heterocycles. The number of primary amides is 1. The van der Waals surface area contributed by atoms with Gasteiger partial charge in [-0.15, -0.1) is 0 Å². The van der Waals surface area contributed by atoms with Crippen molar-refractivity contribution in [3.05, 3.63) is 45.7 Å². The Morgan fingerprint density at radius 3 is 2.40 bits per heavy atom. The number of aromatic nitrogens is 1. The number of hydrogen-bond acceptors (Lipinski definition) is 2. The van der Waals surface area contributed by atoms with Gasteiger partial charge in [-0.05, 0) is 24.3 Å².